The van der Waals surface area contributed by atoms with Crippen molar-refractivity contribution in [2.24, 2.45) is 5.92 Å². The Morgan fingerprint density at radius 2 is 1.70 bits per heavy atom. The smallest absolute Gasteiger partial charge is 0.287 e. The zero-order valence-electron chi connectivity index (χ0n) is 17.8. The Labute approximate surface area is 178 Å². The Morgan fingerprint density at radius 3 is 2.33 bits per heavy atom. The van der Waals surface area contributed by atoms with E-state index in [1.165, 1.54) is 11.8 Å². The van der Waals surface area contributed by atoms with Gasteiger partial charge in [0.15, 0.2) is 5.76 Å². The van der Waals surface area contributed by atoms with Crippen LogP contribution in [0.25, 0.3) is 0 Å². The van der Waals surface area contributed by atoms with Crippen molar-refractivity contribution in [3.63, 3.8) is 0 Å². The first-order chi connectivity index (χ1) is 14.5. The first-order valence-electron chi connectivity index (χ1n) is 10.6. The number of nitrogens with zero attached hydrogens (tertiary/aromatic N) is 2. The number of hydrogen-bond acceptors (Lipinski definition) is 5. The highest BCUT2D eigenvalue weighted by atomic mass is 16.3. The second-order valence-corrected chi connectivity index (χ2v) is 8.07. The molecule has 1 aliphatic rings. The van der Waals surface area contributed by atoms with Crippen LogP contribution in [-0.2, 0) is 11.3 Å². The topological polar surface area (TPSA) is 77.8 Å². The summed E-state index contributed by atoms with van der Waals surface area (Å²) in [6.45, 7) is 10.2. The first kappa shape index (κ1) is 22.1. The summed E-state index contributed by atoms with van der Waals surface area (Å²) in [7, 11) is 0. The molecule has 0 radical (unpaired) electrons. The first-order valence-corrected chi connectivity index (χ1v) is 10.6. The van der Waals surface area contributed by atoms with Crippen LogP contribution in [0.3, 0.4) is 0 Å². The van der Waals surface area contributed by atoms with Gasteiger partial charge in [0.25, 0.3) is 5.91 Å². The SMILES string of the molecule is CC(C)C(NC(=O)c1ccco1)C(=O)NCCN1CCN(Cc2ccccc2)CC1. The van der Waals surface area contributed by atoms with E-state index in [2.05, 4.69) is 44.7 Å². The van der Waals surface area contributed by atoms with Crippen LogP contribution in [-0.4, -0.2) is 66.9 Å². The van der Waals surface area contributed by atoms with Gasteiger partial charge in [-0.15, -0.1) is 0 Å². The number of carbonyl (C=O) groups excluding carboxylic acids is 2. The molecule has 3 rings (SSSR count). The zero-order chi connectivity index (χ0) is 21.3. The van der Waals surface area contributed by atoms with Gasteiger partial charge in [0.05, 0.1) is 6.26 Å². The number of piperazine rings is 1. The van der Waals surface area contributed by atoms with Crippen molar-refractivity contribution in [1.29, 1.82) is 0 Å². The fourth-order valence-corrected chi connectivity index (χ4v) is 3.61. The Kier molecular flexibility index (Phi) is 8.04. The van der Waals surface area contributed by atoms with Crippen molar-refractivity contribution in [3.8, 4) is 0 Å². The van der Waals surface area contributed by atoms with E-state index in [0.29, 0.717) is 6.54 Å². The third-order valence-corrected chi connectivity index (χ3v) is 5.42. The maximum absolute atomic E-state index is 12.6. The van der Waals surface area contributed by atoms with Crippen LogP contribution in [0.1, 0.15) is 30.0 Å². The Balaban J connectivity index is 1.37. The molecule has 2 N–H and O–H groups in total. The largest absolute Gasteiger partial charge is 0.459 e. The minimum absolute atomic E-state index is 0.0227. The molecule has 1 aliphatic heterocycles. The second-order valence-electron chi connectivity index (χ2n) is 8.07. The van der Waals surface area contributed by atoms with Gasteiger partial charge in [-0.05, 0) is 23.6 Å². The molecule has 0 spiro atoms. The van der Waals surface area contributed by atoms with Crippen molar-refractivity contribution >= 4 is 11.8 Å². The molecule has 1 aromatic carbocycles. The zero-order valence-corrected chi connectivity index (χ0v) is 17.8. The van der Waals surface area contributed by atoms with Crippen LogP contribution in [0.5, 0.6) is 0 Å². The predicted octanol–water partition coefficient (Wildman–Crippen LogP) is 1.97. The quantitative estimate of drug-likeness (QED) is 0.658. The molecule has 2 heterocycles. The highest BCUT2D eigenvalue weighted by molar-refractivity contribution is 5.95. The van der Waals surface area contributed by atoms with Gasteiger partial charge in [0, 0.05) is 45.8 Å². The molecule has 30 heavy (non-hydrogen) atoms. The summed E-state index contributed by atoms with van der Waals surface area (Å²) in [6.07, 6.45) is 1.44. The predicted molar refractivity (Wildman–Crippen MR) is 116 cm³/mol. The Hall–Kier alpha value is -2.64. The van der Waals surface area contributed by atoms with E-state index in [1.54, 1.807) is 12.1 Å². The minimum atomic E-state index is -0.592. The molecule has 2 aromatic rings. The maximum atomic E-state index is 12.6. The molecule has 1 unspecified atom stereocenters. The molecule has 2 amide bonds. The summed E-state index contributed by atoms with van der Waals surface area (Å²) >= 11 is 0. The highest BCUT2D eigenvalue weighted by Crippen LogP contribution is 2.09. The maximum Gasteiger partial charge on any atom is 0.287 e. The lowest BCUT2D eigenvalue weighted by Crippen LogP contribution is -2.52. The standard InChI is InChI=1S/C23H32N4O3/c1-18(2)21(25-22(28)20-9-6-16-30-20)23(29)24-10-11-26-12-14-27(15-13-26)17-19-7-4-3-5-8-19/h3-9,16,18,21H,10-15,17H2,1-2H3,(H,24,29)(H,25,28). The summed E-state index contributed by atoms with van der Waals surface area (Å²) in [5, 5.41) is 5.74. The number of carbonyl (C=O) groups is 2. The fourth-order valence-electron chi connectivity index (χ4n) is 3.61. The summed E-state index contributed by atoms with van der Waals surface area (Å²) < 4.78 is 5.11. The minimum Gasteiger partial charge on any atom is -0.459 e. The van der Waals surface area contributed by atoms with Gasteiger partial charge >= 0.3 is 0 Å². The highest BCUT2D eigenvalue weighted by Gasteiger charge is 2.25. The van der Waals surface area contributed by atoms with Gasteiger partial charge in [-0.25, -0.2) is 0 Å². The molecular weight excluding hydrogens is 380 g/mol. The molecule has 1 atom stereocenters. The normalized spacial score (nSPS) is 16.4. The van der Waals surface area contributed by atoms with E-state index in [9.17, 15) is 9.59 Å². The van der Waals surface area contributed by atoms with Gasteiger partial charge in [-0.2, -0.15) is 0 Å². The molecular formula is C23H32N4O3. The van der Waals surface area contributed by atoms with Crippen molar-refractivity contribution in [1.82, 2.24) is 20.4 Å². The van der Waals surface area contributed by atoms with Gasteiger partial charge in [-0.3, -0.25) is 19.4 Å². The van der Waals surface area contributed by atoms with Gasteiger partial charge in [0.2, 0.25) is 5.91 Å². The molecule has 7 heteroatoms. The second kappa shape index (κ2) is 10.9. The van der Waals surface area contributed by atoms with E-state index in [1.807, 2.05) is 19.9 Å². The van der Waals surface area contributed by atoms with Crippen molar-refractivity contribution in [2.75, 3.05) is 39.3 Å². The lowest BCUT2D eigenvalue weighted by molar-refractivity contribution is -0.124. The molecule has 1 aromatic heterocycles. The van der Waals surface area contributed by atoms with Crippen LogP contribution in [0.4, 0.5) is 0 Å². The average Bonchev–Trinajstić information content (AvgIpc) is 3.28. The van der Waals surface area contributed by atoms with Crippen LogP contribution >= 0.6 is 0 Å². The van der Waals surface area contributed by atoms with E-state index in [-0.39, 0.29) is 23.5 Å². The molecule has 162 valence electrons. The number of furan rings is 1. The monoisotopic (exact) mass is 412 g/mol. The van der Waals surface area contributed by atoms with Crippen LogP contribution in [0, 0.1) is 5.92 Å². The van der Waals surface area contributed by atoms with Crippen molar-refractivity contribution in [3.05, 3.63) is 60.1 Å². The third-order valence-electron chi connectivity index (χ3n) is 5.42. The molecule has 7 nitrogen and oxygen atoms in total. The van der Waals surface area contributed by atoms with Crippen LogP contribution < -0.4 is 10.6 Å². The third kappa shape index (κ3) is 6.43. The molecule has 1 fully saturated rings. The summed E-state index contributed by atoms with van der Waals surface area (Å²) in [5.74, 6) is -0.344. The van der Waals surface area contributed by atoms with Crippen molar-refractivity contribution in [2.45, 2.75) is 26.4 Å². The Morgan fingerprint density at radius 1 is 1.00 bits per heavy atom. The molecule has 0 bridgehead atoms. The number of benzene rings is 1. The lowest BCUT2D eigenvalue weighted by Gasteiger charge is -2.34. The van der Waals surface area contributed by atoms with Crippen LogP contribution in [0.15, 0.2) is 53.1 Å². The summed E-state index contributed by atoms with van der Waals surface area (Å²) in [6, 6.07) is 13.2. The van der Waals surface area contributed by atoms with Gasteiger partial charge < -0.3 is 15.1 Å². The molecule has 1 saturated heterocycles. The lowest BCUT2D eigenvalue weighted by atomic mass is 10.0. The van der Waals surface area contributed by atoms with Gasteiger partial charge in [-0.1, -0.05) is 44.2 Å². The summed E-state index contributed by atoms with van der Waals surface area (Å²) in [4.78, 5) is 29.6. The van der Waals surface area contributed by atoms with E-state index in [4.69, 9.17) is 4.42 Å². The van der Waals surface area contributed by atoms with E-state index in [0.717, 1.165) is 39.3 Å². The fraction of sp³-hybridized carbons (Fsp3) is 0.478. The van der Waals surface area contributed by atoms with E-state index < -0.39 is 6.04 Å². The summed E-state index contributed by atoms with van der Waals surface area (Å²) in [5.41, 5.74) is 1.34. The average molecular weight is 413 g/mol. The number of amides is 2. The number of nitrogens with one attached hydrogen (secondary N) is 2. The molecule has 0 aliphatic carbocycles. The number of hydrogen-bond donors (Lipinski definition) is 2. The van der Waals surface area contributed by atoms with E-state index >= 15 is 0 Å². The van der Waals surface area contributed by atoms with Crippen LogP contribution in [0.2, 0.25) is 0 Å². The van der Waals surface area contributed by atoms with Gasteiger partial charge in [0.1, 0.15) is 6.04 Å². The van der Waals surface area contributed by atoms with Crippen molar-refractivity contribution < 1.29 is 14.0 Å². The number of rotatable bonds is 9. The Bertz CT molecular complexity index is 784. The molecule has 0 saturated carbocycles.